The SMILES string of the molecule is CC.Cc1c(O)ccc2c1C(=O)N(C)C2(O)O. The second-order valence-electron chi connectivity index (χ2n) is 3.63. The topological polar surface area (TPSA) is 81.0 Å². The van der Waals surface area contributed by atoms with Gasteiger partial charge < -0.3 is 15.3 Å². The van der Waals surface area contributed by atoms with Crippen molar-refractivity contribution >= 4 is 5.91 Å². The highest BCUT2D eigenvalue weighted by Crippen LogP contribution is 2.38. The summed E-state index contributed by atoms with van der Waals surface area (Å²) in [6, 6.07) is 2.67. The first-order valence-electron chi connectivity index (χ1n) is 5.43. The van der Waals surface area contributed by atoms with Gasteiger partial charge in [-0.15, -0.1) is 0 Å². The van der Waals surface area contributed by atoms with Crippen LogP contribution in [0, 0.1) is 6.92 Å². The Kier molecular flexibility index (Phi) is 3.45. The Morgan fingerprint density at radius 1 is 1.24 bits per heavy atom. The van der Waals surface area contributed by atoms with Gasteiger partial charge in [0.05, 0.1) is 5.56 Å². The number of nitrogens with zero attached hydrogens (tertiary/aromatic N) is 1. The first kappa shape index (κ1) is 13.5. The Morgan fingerprint density at radius 3 is 2.29 bits per heavy atom. The lowest BCUT2D eigenvalue weighted by molar-refractivity contribution is -0.242. The number of phenolic OH excluding ortho intramolecular Hbond substituents is 1. The van der Waals surface area contributed by atoms with Crippen molar-refractivity contribution in [2.24, 2.45) is 0 Å². The number of hydrogen-bond donors (Lipinski definition) is 3. The van der Waals surface area contributed by atoms with Crippen LogP contribution in [0.4, 0.5) is 0 Å². The molecule has 1 aliphatic rings. The van der Waals surface area contributed by atoms with Gasteiger partial charge in [-0.3, -0.25) is 9.69 Å². The van der Waals surface area contributed by atoms with E-state index < -0.39 is 11.8 Å². The van der Waals surface area contributed by atoms with Gasteiger partial charge >= 0.3 is 0 Å². The van der Waals surface area contributed by atoms with E-state index in [0.29, 0.717) is 5.56 Å². The summed E-state index contributed by atoms with van der Waals surface area (Å²) >= 11 is 0. The van der Waals surface area contributed by atoms with E-state index in [1.807, 2.05) is 13.8 Å². The number of benzene rings is 1. The van der Waals surface area contributed by atoms with E-state index in [4.69, 9.17) is 0 Å². The van der Waals surface area contributed by atoms with Crippen molar-refractivity contribution in [2.45, 2.75) is 26.7 Å². The maximum Gasteiger partial charge on any atom is 0.278 e. The summed E-state index contributed by atoms with van der Waals surface area (Å²) in [5.41, 5.74) is 0.613. The number of hydrogen-bond acceptors (Lipinski definition) is 4. The molecular weight excluding hydrogens is 222 g/mol. The Morgan fingerprint density at radius 2 is 1.76 bits per heavy atom. The molecule has 1 heterocycles. The maximum absolute atomic E-state index is 11.7. The fraction of sp³-hybridized carbons (Fsp3) is 0.417. The van der Waals surface area contributed by atoms with Gasteiger partial charge in [-0.2, -0.15) is 0 Å². The molecule has 0 unspecified atom stereocenters. The standard InChI is InChI=1S/C10H11NO4.C2H6/c1-5-7(12)4-3-6-8(5)9(13)11(2)10(6,14)15;1-2/h3-4,12,14-15H,1-2H3;1-2H3. The lowest BCUT2D eigenvalue weighted by Crippen LogP contribution is -2.40. The number of phenols is 1. The third kappa shape index (κ3) is 1.77. The Labute approximate surface area is 99.9 Å². The number of aromatic hydroxyl groups is 1. The van der Waals surface area contributed by atoms with Gasteiger partial charge in [0.25, 0.3) is 11.8 Å². The zero-order chi connectivity index (χ0) is 13.4. The average Bonchev–Trinajstić information content (AvgIpc) is 2.48. The third-order valence-electron chi connectivity index (χ3n) is 2.78. The van der Waals surface area contributed by atoms with Crippen LogP contribution in [-0.2, 0) is 5.91 Å². The minimum atomic E-state index is -2.29. The van der Waals surface area contributed by atoms with Crippen LogP contribution >= 0.6 is 0 Å². The fourth-order valence-corrected chi connectivity index (χ4v) is 1.75. The summed E-state index contributed by atoms with van der Waals surface area (Å²) < 4.78 is 0. The van der Waals surface area contributed by atoms with Gasteiger partial charge in [0.1, 0.15) is 5.75 Å². The fourth-order valence-electron chi connectivity index (χ4n) is 1.75. The molecule has 1 aliphatic heterocycles. The van der Waals surface area contributed by atoms with Crippen LogP contribution in [0.2, 0.25) is 0 Å². The van der Waals surface area contributed by atoms with Crippen molar-refractivity contribution in [1.29, 1.82) is 0 Å². The zero-order valence-corrected chi connectivity index (χ0v) is 10.4. The lowest BCUT2D eigenvalue weighted by atomic mass is 10.0. The number of rotatable bonds is 0. The van der Waals surface area contributed by atoms with Gasteiger partial charge in [-0.25, -0.2) is 0 Å². The van der Waals surface area contributed by atoms with Gasteiger partial charge in [-0.1, -0.05) is 13.8 Å². The van der Waals surface area contributed by atoms with Gasteiger partial charge in [-0.05, 0) is 19.1 Å². The molecule has 0 bridgehead atoms. The van der Waals surface area contributed by atoms with E-state index in [2.05, 4.69) is 0 Å². The minimum Gasteiger partial charge on any atom is -0.508 e. The highest BCUT2D eigenvalue weighted by molar-refractivity contribution is 6.01. The first-order chi connectivity index (χ1) is 7.87. The summed E-state index contributed by atoms with van der Waals surface area (Å²) in [7, 11) is 1.29. The van der Waals surface area contributed by atoms with Crippen LogP contribution < -0.4 is 0 Å². The van der Waals surface area contributed by atoms with Gasteiger partial charge in [0.2, 0.25) is 0 Å². The maximum atomic E-state index is 11.7. The number of carbonyl (C=O) groups is 1. The van der Waals surface area contributed by atoms with E-state index >= 15 is 0 Å². The smallest absolute Gasteiger partial charge is 0.278 e. The van der Waals surface area contributed by atoms with Gasteiger partial charge in [0, 0.05) is 18.2 Å². The van der Waals surface area contributed by atoms with Crippen LogP contribution in [0.25, 0.3) is 0 Å². The summed E-state index contributed by atoms with van der Waals surface area (Å²) in [6.07, 6.45) is 0. The van der Waals surface area contributed by atoms with Crippen molar-refractivity contribution in [3.8, 4) is 5.75 Å². The molecule has 94 valence electrons. The minimum absolute atomic E-state index is 0.0341. The van der Waals surface area contributed by atoms with Crippen LogP contribution in [0.15, 0.2) is 12.1 Å². The zero-order valence-electron chi connectivity index (χ0n) is 10.4. The average molecular weight is 239 g/mol. The number of fused-ring (bicyclic) bond motifs is 1. The number of aliphatic hydroxyl groups is 2. The third-order valence-corrected chi connectivity index (χ3v) is 2.78. The molecule has 0 spiro atoms. The molecule has 0 radical (unpaired) electrons. The molecule has 0 aromatic heterocycles. The molecule has 0 fully saturated rings. The molecule has 0 aliphatic carbocycles. The lowest BCUT2D eigenvalue weighted by Gasteiger charge is -2.24. The van der Waals surface area contributed by atoms with Crippen LogP contribution in [0.5, 0.6) is 5.75 Å². The Bertz CT molecular complexity index is 454. The quantitative estimate of drug-likeness (QED) is 0.588. The number of carbonyl (C=O) groups excluding carboxylic acids is 1. The summed E-state index contributed by atoms with van der Waals surface area (Å²) in [5.74, 6) is -2.83. The summed E-state index contributed by atoms with van der Waals surface area (Å²) in [6.45, 7) is 5.56. The summed E-state index contributed by atoms with van der Waals surface area (Å²) in [5, 5.41) is 28.8. The predicted molar refractivity (Wildman–Crippen MR) is 62.4 cm³/mol. The van der Waals surface area contributed by atoms with E-state index in [1.54, 1.807) is 6.92 Å². The molecule has 1 amide bonds. The van der Waals surface area contributed by atoms with E-state index in [0.717, 1.165) is 4.90 Å². The first-order valence-corrected chi connectivity index (χ1v) is 5.43. The highest BCUT2D eigenvalue weighted by Gasteiger charge is 2.46. The monoisotopic (exact) mass is 239 g/mol. The van der Waals surface area contributed by atoms with Crippen molar-refractivity contribution in [2.75, 3.05) is 7.05 Å². The Balaban J connectivity index is 0.000000686. The molecular formula is C12H17NO4. The molecule has 1 aromatic carbocycles. The van der Waals surface area contributed by atoms with Crippen molar-refractivity contribution in [3.63, 3.8) is 0 Å². The second-order valence-corrected chi connectivity index (χ2v) is 3.63. The van der Waals surface area contributed by atoms with Crippen molar-refractivity contribution in [3.05, 3.63) is 28.8 Å². The summed E-state index contributed by atoms with van der Waals surface area (Å²) in [4.78, 5) is 12.5. The van der Waals surface area contributed by atoms with E-state index in [-0.39, 0.29) is 16.9 Å². The molecule has 0 saturated heterocycles. The second kappa shape index (κ2) is 4.35. The molecule has 1 aromatic rings. The molecule has 5 heteroatoms. The molecule has 2 rings (SSSR count). The van der Waals surface area contributed by atoms with E-state index in [9.17, 15) is 20.1 Å². The largest absolute Gasteiger partial charge is 0.508 e. The molecule has 3 N–H and O–H groups in total. The molecule has 5 nitrogen and oxygen atoms in total. The number of amides is 1. The van der Waals surface area contributed by atoms with Crippen LogP contribution in [0.1, 0.15) is 35.3 Å². The predicted octanol–water partition coefficient (Wildman–Crippen LogP) is 0.907. The Hall–Kier alpha value is -1.59. The van der Waals surface area contributed by atoms with Crippen LogP contribution in [0.3, 0.4) is 0 Å². The molecule has 17 heavy (non-hydrogen) atoms. The van der Waals surface area contributed by atoms with Crippen molar-refractivity contribution in [1.82, 2.24) is 4.90 Å². The highest BCUT2D eigenvalue weighted by atomic mass is 16.5. The normalized spacial score (nSPS) is 16.4. The molecule has 0 atom stereocenters. The van der Waals surface area contributed by atoms with Crippen LogP contribution in [-0.4, -0.2) is 33.2 Å². The van der Waals surface area contributed by atoms with Crippen molar-refractivity contribution < 1.29 is 20.1 Å². The van der Waals surface area contributed by atoms with Gasteiger partial charge in [0.15, 0.2) is 0 Å². The molecule has 0 saturated carbocycles. The van der Waals surface area contributed by atoms with E-state index in [1.165, 1.54) is 19.2 Å².